The van der Waals surface area contributed by atoms with E-state index in [-0.39, 0.29) is 5.69 Å². The minimum atomic E-state index is -0.415. The van der Waals surface area contributed by atoms with E-state index in [1.54, 1.807) is 6.07 Å². The number of anilines is 1. The molecule has 0 amide bonds. The van der Waals surface area contributed by atoms with Crippen LogP contribution in [0.3, 0.4) is 0 Å². The van der Waals surface area contributed by atoms with Crippen LogP contribution in [0.1, 0.15) is 38.2 Å². The number of nitrogens with zero attached hydrogens (tertiary/aromatic N) is 2. The molecule has 0 bridgehead atoms. The fourth-order valence-corrected chi connectivity index (χ4v) is 3.10. The second-order valence-corrected chi connectivity index (χ2v) is 5.95. The first-order chi connectivity index (χ1) is 9.49. The van der Waals surface area contributed by atoms with Gasteiger partial charge in [0.15, 0.2) is 0 Å². The van der Waals surface area contributed by atoms with Crippen LogP contribution >= 0.6 is 0 Å². The molecule has 0 aliphatic heterocycles. The number of nitro groups is 1. The van der Waals surface area contributed by atoms with E-state index in [1.165, 1.54) is 31.7 Å². The van der Waals surface area contributed by atoms with Crippen LogP contribution in [0, 0.1) is 16.0 Å². The Morgan fingerprint density at radius 2 is 2.20 bits per heavy atom. The van der Waals surface area contributed by atoms with Crippen LogP contribution in [-0.2, 0) is 6.54 Å². The lowest BCUT2D eigenvalue weighted by atomic mass is 9.86. The zero-order valence-electron chi connectivity index (χ0n) is 12.2. The third-order valence-corrected chi connectivity index (χ3v) is 4.32. The molecule has 1 aliphatic rings. The molecule has 5 nitrogen and oxygen atoms in total. The molecule has 1 aromatic rings. The molecule has 5 heteroatoms. The summed E-state index contributed by atoms with van der Waals surface area (Å²) in [6.45, 7) is 2.96. The minimum absolute atomic E-state index is 0.00733. The SMILES string of the molecule is CC1CCCC(N(C)Cc2cccc([N+](=O)[O-])c2N)C1. The molecular formula is C15H23N3O2. The molecule has 110 valence electrons. The lowest BCUT2D eigenvalue weighted by molar-refractivity contribution is -0.384. The second kappa shape index (κ2) is 6.22. The van der Waals surface area contributed by atoms with Crippen molar-refractivity contribution in [2.24, 2.45) is 5.92 Å². The largest absolute Gasteiger partial charge is 0.393 e. The molecule has 0 saturated heterocycles. The van der Waals surface area contributed by atoms with Crippen LogP contribution in [0.4, 0.5) is 11.4 Å². The Balaban J connectivity index is 2.09. The molecule has 20 heavy (non-hydrogen) atoms. The molecular weight excluding hydrogens is 254 g/mol. The average Bonchev–Trinajstić information content (AvgIpc) is 2.40. The molecule has 2 unspecified atom stereocenters. The third kappa shape index (κ3) is 3.28. The standard InChI is InChI=1S/C15H23N3O2/c1-11-5-3-7-13(9-11)17(2)10-12-6-4-8-14(15(12)16)18(19)20/h4,6,8,11,13H,3,5,7,9-10,16H2,1-2H3. The predicted molar refractivity (Wildman–Crippen MR) is 80.4 cm³/mol. The summed E-state index contributed by atoms with van der Waals surface area (Å²) in [6.07, 6.45) is 4.98. The molecule has 1 aliphatic carbocycles. The monoisotopic (exact) mass is 277 g/mol. The van der Waals surface area contributed by atoms with Crippen LogP contribution in [0.2, 0.25) is 0 Å². The fraction of sp³-hybridized carbons (Fsp3) is 0.600. The summed E-state index contributed by atoms with van der Waals surface area (Å²) < 4.78 is 0. The number of hydrogen-bond acceptors (Lipinski definition) is 4. The van der Waals surface area contributed by atoms with Crippen LogP contribution < -0.4 is 5.73 Å². The molecule has 2 rings (SSSR count). The van der Waals surface area contributed by atoms with E-state index in [0.717, 1.165) is 11.5 Å². The Morgan fingerprint density at radius 3 is 2.85 bits per heavy atom. The molecule has 2 N–H and O–H groups in total. The summed E-state index contributed by atoms with van der Waals surface area (Å²) >= 11 is 0. The van der Waals surface area contributed by atoms with Gasteiger partial charge in [0.05, 0.1) is 4.92 Å². The number of nitro benzene ring substituents is 1. The van der Waals surface area contributed by atoms with Crippen LogP contribution in [0.5, 0.6) is 0 Å². The molecule has 0 heterocycles. The zero-order chi connectivity index (χ0) is 14.7. The zero-order valence-corrected chi connectivity index (χ0v) is 12.2. The Kier molecular flexibility index (Phi) is 4.60. The highest BCUT2D eigenvalue weighted by molar-refractivity contribution is 5.62. The average molecular weight is 277 g/mol. The summed E-state index contributed by atoms with van der Waals surface area (Å²) in [7, 11) is 2.08. The summed E-state index contributed by atoms with van der Waals surface area (Å²) in [4.78, 5) is 12.8. The van der Waals surface area contributed by atoms with Gasteiger partial charge in [0.2, 0.25) is 0 Å². The predicted octanol–water partition coefficient (Wildman–Crippen LogP) is 3.19. The van der Waals surface area contributed by atoms with Crippen LogP contribution in [-0.4, -0.2) is 22.9 Å². The Morgan fingerprint density at radius 1 is 1.45 bits per heavy atom. The maximum Gasteiger partial charge on any atom is 0.292 e. The van der Waals surface area contributed by atoms with E-state index < -0.39 is 4.92 Å². The van der Waals surface area contributed by atoms with Gasteiger partial charge in [-0.2, -0.15) is 0 Å². The summed E-state index contributed by atoms with van der Waals surface area (Å²) in [5, 5.41) is 10.9. The van der Waals surface area contributed by atoms with Gasteiger partial charge in [-0.05, 0) is 31.4 Å². The molecule has 1 aromatic carbocycles. The van der Waals surface area contributed by atoms with Gasteiger partial charge in [0.25, 0.3) is 5.69 Å². The number of nitrogen functional groups attached to an aromatic ring is 1. The first-order valence-corrected chi connectivity index (χ1v) is 7.21. The normalized spacial score (nSPS) is 22.9. The molecule has 1 fully saturated rings. The number of benzene rings is 1. The second-order valence-electron chi connectivity index (χ2n) is 5.95. The lowest BCUT2D eigenvalue weighted by Gasteiger charge is -2.34. The van der Waals surface area contributed by atoms with Crippen molar-refractivity contribution >= 4 is 11.4 Å². The molecule has 1 saturated carbocycles. The van der Waals surface area contributed by atoms with Crippen LogP contribution in [0.15, 0.2) is 18.2 Å². The van der Waals surface area contributed by atoms with Gasteiger partial charge >= 0.3 is 0 Å². The number of rotatable bonds is 4. The maximum absolute atomic E-state index is 10.9. The van der Waals surface area contributed by atoms with Gasteiger partial charge in [-0.3, -0.25) is 15.0 Å². The quantitative estimate of drug-likeness (QED) is 0.521. The van der Waals surface area contributed by atoms with Gasteiger partial charge in [-0.25, -0.2) is 0 Å². The highest BCUT2D eigenvalue weighted by Gasteiger charge is 2.23. The maximum atomic E-state index is 10.9. The van der Waals surface area contributed by atoms with E-state index in [4.69, 9.17) is 5.73 Å². The van der Waals surface area contributed by atoms with Crippen molar-refractivity contribution < 1.29 is 4.92 Å². The van der Waals surface area contributed by atoms with Gasteiger partial charge < -0.3 is 5.73 Å². The number of hydrogen-bond donors (Lipinski definition) is 1. The van der Waals surface area contributed by atoms with Gasteiger partial charge in [-0.15, -0.1) is 0 Å². The van der Waals surface area contributed by atoms with Crippen molar-refractivity contribution in [3.05, 3.63) is 33.9 Å². The van der Waals surface area contributed by atoms with Crippen molar-refractivity contribution in [2.45, 2.75) is 45.2 Å². The summed E-state index contributed by atoms with van der Waals surface area (Å²) in [5.41, 5.74) is 7.07. The van der Waals surface area contributed by atoms with E-state index >= 15 is 0 Å². The smallest absolute Gasteiger partial charge is 0.292 e. The van der Waals surface area contributed by atoms with Crippen molar-refractivity contribution in [1.29, 1.82) is 0 Å². The first-order valence-electron chi connectivity index (χ1n) is 7.21. The van der Waals surface area contributed by atoms with Gasteiger partial charge in [0.1, 0.15) is 5.69 Å². The third-order valence-electron chi connectivity index (χ3n) is 4.32. The Hall–Kier alpha value is -1.62. The van der Waals surface area contributed by atoms with Gasteiger partial charge in [-0.1, -0.05) is 31.9 Å². The highest BCUT2D eigenvalue weighted by Crippen LogP contribution is 2.30. The summed E-state index contributed by atoms with van der Waals surface area (Å²) in [6, 6.07) is 5.60. The van der Waals surface area contributed by atoms with Gasteiger partial charge in [0, 0.05) is 18.7 Å². The Labute approximate surface area is 119 Å². The van der Waals surface area contributed by atoms with Crippen molar-refractivity contribution in [1.82, 2.24) is 4.90 Å². The first kappa shape index (κ1) is 14.8. The Bertz CT molecular complexity index is 490. The number of para-hydroxylation sites is 1. The summed E-state index contributed by atoms with van der Waals surface area (Å²) in [5.74, 6) is 0.763. The topological polar surface area (TPSA) is 72.4 Å². The number of nitrogens with two attached hydrogens (primary N) is 1. The van der Waals surface area contributed by atoms with Crippen molar-refractivity contribution in [3.8, 4) is 0 Å². The van der Waals surface area contributed by atoms with E-state index in [0.29, 0.717) is 18.3 Å². The highest BCUT2D eigenvalue weighted by atomic mass is 16.6. The minimum Gasteiger partial charge on any atom is -0.393 e. The van der Waals surface area contributed by atoms with E-state index in [9.17, 15) is 10.1 Å². The van der Waals surface area contributed by atoms with E-state index in [2.05, 4.69) is 18.9 Å². The molecule has 0 spiro atoms. The molecule has 0 aromatic heterocycles. The molecule has 0 radical (unpaired) electrons. The van der Waals surface area contributed by atoms with Crippen molar-refractivity contribution in [3.63, 3.8) is 0 Å². The van der Waals surface area contributed by atoms with Crippen molar-refractivity contribution in [2.75, 3.05) is 12.8 Å². The molecule has 2 atom stereocenters. The van der Waals surface area contributed by atoms with E-state index in [1.807, 2.05) is 6.07 Å². The lowest BCUT2D eigenvalue weighted by Crippen LogP contribution is -2.35. The fourth-order valence-electron chi connectivity index (χ4n) is 3.10. The van der Waals surface area contributed by atoms with Crippen LogP contribution in [0.25, 0.3) is 0 Å².